The van der Waals surface area contributed by atoms with Crippen LogP contribution in [0.5, 0.6) is 11.5 Å². The van der Waals surface area contributed by atoms with Gasteiger partial charge in [-0.1, -0.05) is 23.7 Å². The molecule has 0 radical (unpaired) electrons. The molecular weight excluding hydrogens is 311 g/mol. The van der Waals surface area contributed by atoms with Gasteiger partial charge in [-0.2, -0.15) is 0 Å². The number of halogens is 4. The molecule has 5 nitrogen and oxygen atoms in total. The molecule has 0 unspecified atom stereocenters. The third-order valence-corrected chi connectivity index (χ3v) is 2.60. The van der Waals surface area contributed by atoms with Crippen molar-refractivity contribution in [2.45, 2.75) is 6.36 Å². The van der Waals surface area contributed by atoms with E-state index in [1.54, 1.807) is 6.07 Å². The van der Waals surface area contributed by atoms with Gasteiger partial charge >= 0.3 is 6.36 Å². The van der Waals surface area contributed by atoms with E-state index in [1.807, 2.05) is 0 Å². The van der Waals surface area contributed by atoms with E-state index in [4.69, 9.17) is 16.3 Å². The number of anilines is 2. The number of alkyl halides is 3. The third kappa shape index (κ3) is 3.88. The Hall–Kier alpha value is -2.22. The molecule has 2 aromatic rings. The molecule has 9 heteroatoms. The summed E-state index contributed by atoms with van der Waals surface area (Å²) in [5.41, 5.74) is 0.0582. The molecule has 0 bridgehead atoms. The predicted molar refractivity (Wildman–Crippen MR) is 70.0 cm³/mol. The van der Waals surface area contributed by atoms with Crippen LogP contribution in [0.2, 0.25) is 5.15 Å². The van der Waals surface area contributed by atoms with E-state index in [1.165, 1.54) is 25.3 Å². The Kier molecular flexibility index (Phi) is 4.37. The second-order valence-corrected chi connectivity index (χ2v) is 4.07. The number of rotatable bonds is 4. The summed E-state index contributed by atoms with van der Waals surface area (Å²) in [4.78, 5) is 7.59. The smallest absolute Gasteiger partial charge is 0.490 e. The lowest BCUT2D eigenvalue weighted by Gasteiger charge is -2.15. The summed E-state index contributed by atoms with van der Waals surface area (Å²) >= 11 is 5.81. The summed E-state index contributed by atoms with van der Waals surface area (Å²) in [6.45, 7) is 0. The van der Waals surface area contributed by atoms with E-state index in [0.29, 0.717) is 0 Å². The average Bonchev–Trinajstić information content (AvgIpc) is 2.40. The molecule has 0 aliphatic heterocycles. The summed E-state index contributed by atoms with van der Waals surface area (Å²) in [6, 6.07) is 5.53. The van der Waals surface area contributed by atoms with E-state index in [9.17, 15) is 13.2 Å². The number of hydrogen-bond acceptors (Lipinski definition) is 5. The van der Waals surface area contributed by atoms with Gasteiger partial charge in [0, 0.05) is 0 Å². The number of benzene rings is 1. The van der Waals surface area contributed by atoms with E-state index >= 15 is 0 Å². The fraction of sp³-hybridized carbons (Fsp3) is 0.167. The van der Waals surface area contributed by atoms with E-state index in [-0.39, 0.29) is 22.4 Å². The maximum Gasteiger partial charge on any atom is 0.573 e. The highest BCUT2D eigenvalue weighted by Crippen LogP contribution is 2.35. The lowest BCUT2D eigenvalue weighted by atomic mass is 10.3. The fourth-order valence-corrected chi connectivity index (χ4v) is 1.74. The van der Waals surface area contributed by atoms with Crippen molar-refractivity contribution in [3.8, 4) is 11.5 Å². The third-order valence-electron chi connectivity index (χ3n) is 2.33. The predicted octanol–water partition coefficient (Wildman–Crippen LogP) is 3.78. The van der Waals surface area contributed by atoms with Crippen LogP contribution in [-0.2, 0) is 0 Å². The quantitative estimate of drug-likeness (QED) is 0.869. The summed E-state index contributed by atoms with van der Waals surface area (Å²) in [5, 5.41) is 2.70. The Morgan fingerprint density at radius 1 is 1.19 bits per heavy atom. The van der Waals surface area contributed by atoms with E-state index in [0.717, 1.165) is 6.33 Å². The molecule has 0 aliphatic rings. The highest BCUT2D eigenvalue weighted by Gasteiger charge is 2.32. The molecule has 0 saturated heterocycles. The molecule has 21 heavy (non-hydrogen) atoms. The SMILES string of the molecule is COc1c(Cl)ncnc1Nc1ccccc1OC(F)(F)F. The standard InChI is InChI=1S/C12H9ClF3N3O2/c1-20-9-10(13)17-6-18-11(9)19-7-4-2-3-5-8(7)21-12(14,15)16/h2-6H,1H3,(H,17,18,19). The zero-order valence-electron chi connectivity index (χ0n) is 10.6. The number of para-hydroxylation sites is 2. The maximum atomic E-state index is 12.3. The molecule has 2 rings (SSSR count). The zero-order chi connectivity index (χ0) is 15.5. The maximum absolute atomic E-state index is 12.3. The molecule has 0 aliphatic carbocycles. The lowest BCUT2D eigenvalue weighted by molar-refractivity contribution is -0.274. The van der Waals surface area contributed by atoms with Crippen LogP contribution in [0.1, 0.15) is 0 Å². The number of nitrogens with one attached hydrogen (secondary N) is 1. The van der Waals surface area contributed by atoms with Crippen LogP contribution in [0, 0.1) is 0 Å². The first kappa shape index (κ1) is 15.2. The Balaban J connectivity index is 2.34. The van der Waals surface area contributed by atoms with Crippen LogP contribution < -0.4 is 14.8 Å². The Morgan fingerprint density at radius 2 is 1.90 bits per heavy atom. The van der Waals surface area contributed by atoms with Gasteiger partial charge in [0.15, 0.2) is 22.5 Å². The highest BCUT2D eigenvalue weighted by molar-refractivity contribution is 6.31. The Morgan fingerprint density at radius 3 is 2.57 bits per heavy atom. The summed E-state index contributed by atoms with van der Waals surface area (Å²) in [7, 11) is 1.34. The molecule has 112 valence electrons. The number of ether oxygens (including phenoxy) is 2. The zero-order valence-corrected chi connectivity index (χ0v) is 11.4. The van der Waals surface area contributed by atoms with Gasteiger partial charge in [-0.25, -0.2) is 9.97 Å². The summed E-state index contributed by atoms with van der Waals surface area (Å²) in [6.07, 6.45) is -3.65. The average molecular weight is 320 g/mol. The van der Waals surface area contributed by atoms with Crippen LogP contribution in [0.15, 0.2) is 30.6 Å². The van der Waals surface area contributed by atoms with Gasteiger partial charge < -0.3 is 14.8 Å². The molecule has 1 N–H and O–H groups in total. The summed E-state index contributed by atoms with van der Waals surface area (Å²) < 4.78 is 46.0. The van der Waals surface area contributed by atoms with Gasteiger partial charge in [0.1, 0.15) is 6.33 Å². The molecule has 0 spiro atoms. The second kappa shape index (κ2) is 6.04. The molecule has 0 atom stereocenters. The Bertz CT molecular complexity index is 637. The van der Waals surface area contributed by atoms with Crippen molar-refractivity contribution in [3.05, 3.63) is 35.7 Å². The highest BCUT2D eigenvalue weighted by atomic mass is 35.5. The molecule has 0 amide bonds. The molecule has 1 aromatic heterocycles. The van der Waals surface area contributed by atoms with Crippen molar-refractivity contribution in [1.82, 2.24) is 9.97 Å². The van der Waals surface area contributed by atoms with Crippen molar-refractivity contribution < 1.29 is 22.6 Å². The van der Waals surface area contributed by atoms with Crippen molar-refractivity contribution in [3.63, 3.8) is 0 Å². The minimum atomic E-state index is -4.80. The van der Waals surface area contributed by atoms with Crippen molar-refractivity contribution in [2.75, 3.05) is 12.4 Å². The molecule has 1 aromatic carbocycles. The molecule has 0 fully saturated rings. The minimum absolute atomic E-state index is 0.0317. The van der Waals surface area contributed by atoms with Crippen LogP contribution in [-0.4, -0.2) is 23.4 Å². The van der Waals surface area contributed by atoms with E-state index in [2.05, 4.69) is 20.0 Å². The topological polar surface area (TPSA) is 56.3 Å². The summed E-state index contributed by atoms with van der Waals surface area (Å²) in [5.74, 6) is -0.168. The number of nitrogens with zero attached hydrogens (tertiary/aromatic N) is 2. The van der Waals surface area contributed by atoms with Crippen LogP contribution >= 0.6 is 11.6 Å². The number of hydrogen-bond donors (Lipinski definition) is 1. The van der Waals surface area contributed by atoms with Gasteiger partial charge in [-0.05, 0) is 12.1 Å². The van der Waals surface area contributed by atoms with Crippen LogP contribution in [0.25, 0.3) is 0 Å². The molecule has 0 saturated carbocycles. The first-order valence-electron chi connectivity index (χ1n) is 5.57. The van der Waals surface area contributed by atoms with Gasteiger partial charge in [-0.15, -0.1) is 13.2 Å². The fourth-order valence-electron chi connectivity index (χ4n) is 1.53. The largest absolute Gasteiger partial charge is 0.573 e. The molecular formula is C12H9ClF3N3O2. The first-order valence-corrected chi connectivity index (χ1v) is 5.95. The van der Waals surface area contributed by atoms with Gasteiger partial charge in [0.05, 0.1) is 12.8 Å². The van der Waals surface area contributed by atoms with Crippen LogP contribution in [0.3, 0.4) is 0 Å². The second-order valence-electron chi connectivity index (χ2n) is 3.72. The number of methoxy groups -OCH3 is 1. The van der Waals surface area contributed by atoms with Crippen molar-refractivity contribution in [1.29, 1.82) is 0 Å². The van der Waals surface area contributed by atoms with Crippen molar-refractivity contribution in [2.24, 2.45) is 0 Å². The normalized spacial score (nSPS) is 11.1. The lowest BCUT2D eigenvalue weighted by Crippen LogP contribution is -2.18. The Labute approximate surface area is 122 Å². The monoisotopic (exact) mass is 319 g/mol. The van der Waals surface area contributed by atoms with Gasteiger partial charge in [0.25, 0.3) is 0 Å². The number of aromatic nitrogens is 2. The first-order chi connectivity index (χ1) is 9.90. The minimum Gasteiger partial charge on any atom is -0.490 e. The van der Waals surface area contributed by atoms with Crippen LogP contribution in [0.4, 0.5) is 24.7 Å². The van der Waals surface area contributed by atoms with Crippen molar-refractivity contribution >= 4 is 23.1 Å². The molecule has 1 heterocycles. The van der Waals surface area contributed by atoms with Gasteiger partial charge in [-0.3, -0.25) is 0 Å². The van der Waals surface area contributed by atoms with Gasteiger partial charge in [0.2, 0.25) is 0 Å². The van der Waals surface area contributed by atoms with E-state index < -0.39 is 12.1 Å².